The maximum Gasteiger partial charge on any atom is 0.335 e. The molecule has 0 bridgehead atoms. The smallest absolute Gasteiger partial charge is 0.335 e. The Labute approximate surface area is 122 Å². The van der Waals surface area contributed by atoms with Gasteiger partial charge in [0.2, 0.25) is 0 Å². The molecule has 0 saturated heterocycles. The number of hydrogen-bond donors (Lipinski definition) is 2. The Hall–Kier alpha value is -2.53. The van der Waals surface area contributed by atoms with Crippen molar-refractivity contribution < 1.29 is 24.5 Å². The van der Waals surface area contributed by atoms with E-state index in [0.29, 0.717) is 11.5 Å². The summed E-state index contributed by atoms with van der Waals surface area (Å²) in [5.74, 6) is -0.336. The van der Waals surface area contributed by atoms with Gasteiger partial charge in [-0.3, -0.25) is 0 Å². The number of hydrogen-bond acceptors (Lipinski definition) is 4. The van der Waals surface area contributed by atoms with Gasteiger partial charge in [-0.05, 0) is 23.8 Å². The molecule has 21 heavy (non-hydrogen) atoms. The molecule has 110 valence electrons. The molecule has 0 aliphatic rings. The summed E-state index contributed by atoms with van der Waals surface area (Å²) in [7, 11) is 1.43. The molecule has 0 radical (unpaired) electrons. The summed E-state index contributed by atoms with van der Waals surface area (Å²) < 4.78 is 10.6. The molecule has 5 heteroatoms. The Kier molecular flexibility index (Phi) is 4.79. The Balaban J connectivity index is 2.08. The zero-order valence-electron chi connectivity index (χ0n) is 11.5. The molecule has 0 fully saturated rings. The Morgan fingerprint density at radius 3 is 2.48 bits per heavy atom. The average Bonchev–Trinajstić information content (AvgIpc) is 2.53. The first-order chi connectivity index (χ1) is 10.1. The fourth-order valence-electron chi connectivity index (χ4n) is 1.86. The number of aliphatic hydroxyl groups is 1. The van der Waals surface area contributed by atoms with Crippen LogP contribution >= 0.6 is 0 Å². The predicted octanol–water partition coefficient (Wildman–Crippen LogP) is 2.51. The number of aliphatic hydroxyl groups excluding tert-OH is 1. The Morgan fingerprint density at radius 1 is 1.14 bits per heavy atom. The van der Waals surface area contributed by atoms with Crippen LogP contribution in [-0.2, 0) is 0 Å². The van der Waals surface area contributed by atoms with E-state index < -0.39 is 12.1 Å². The summed E-state index contributed by atoms with van der Waals surface area (Å²) in [6.45, 7) is 0.0484. The average molecular weight is 288 g/mol. The molecule has 5 nitrogen and oxygen atoms in total. The fraction of sp³-hybridized carbons (Fsp3) is 0.188. The number of carbonyl (C=O) groups is 1. The molecule has 1 atom stereocenters. The maximum absolute atomic E-state index is 10.9. The number of methoxy groups -OCH3 is 1. The number of benzene rings is 2. The van der Waals surface area contributed by atoms with Gasteiger partial charge in [-0.1, -0.05) is 30.3 Å². The largest absolute Gasteiger partial charge is 0.493 e. The van der Waals surface area contributed by atoms with Gasteiger partial charge in [0.15, 0.2) is 11.5 Å². The van der Waals surface area contributed by atoms with Crippen LogP contribution in [0.2, 0.25) is 0 Å². The van der Waals surface area contributed by atoms with Crippen LogP contribution in [0.15, 0.2) is 48.5 Å². The van der Waals surface area contributed by atoms with E-state index in [-0.39, 0.29) is 12.2 Å². The zero-order valence-corrected chi connectivity index (χ0v) is 11.5. The molecular weight excluding hydrogens is 272 g/mol. The molecule has 2 aromatic rings. The highest BCUT2D eigenvalue weighted by molar-refractivity contribution is 5.88. The number of ether oxygens (including phenoxy) is 2. The van der Waals surface area contributed by atoms with Crippen LogP contribution in [0.3, 0.4) is 0 Å². The first-order valence-electron chi connectivity index (χ1n) is 6.39. The minimum atomic E-state index is -1.04. The molecule has 0 spiro atoms. The van der Waals surface area contributed by atoms with Crippen molar-refractivity contribution in [2.45, 2.75) is 6.10 Å². The molecule has 2 N–H and O–H groups in total. The molecule has 2 aromatic carbocycles. The van der Waals surface area contributed by atoms with Crippen LogP contribution in [0.1, 0.15) is 22.0 Å². The maximum atomic E-state index is 10.9. The van der Waals surface area contributed by atoms with Gasteiger partial charge in [0.05, 0.1) is 12.7 Å². The topological polar surface area (TPSA) is 76.0 Å². The second kappa shape index (κ2) is 6.76. The summed E-state index contributed by atoms with van der Waals surface area (Å²) in [5.41, 5.74) is 0.862. The third-order valence-corrected chi connectivity index (χ3v) is 2.99. The third-order valence-electron chi connectivity index (χ3n) is 2.99. The number of carboxylic acids is 1. The summed E-state index contributed by atoms with van der Waals surface area (Å²) in [6, 6.07) is 13.5. The minimum Gasteiger partial charge on any atom is -0.493 e. The van der Waals surface area contributed by atoms with Crippen molar-refractivity contribution >= 4 is 5.97 Å². The molecule has 0 amide bonds. The van der Waals surface area contributed by atoms with Gasteiger partial charge in [-0.2, -0.15) is 0 Å². The fourth-order valence-corrected chi connectivity index (χ4v) is 1.86. The summed E-state index contributed by atoms with van der Waals surface area (Å²) in [4.78, 5) is 10.9. The summed E-state index contributed by atoms with van der Waals surface area (Å²) >= 11 is 0. The van der Waals surface area contributed by atoms with Gasteiger partial charge in [-0.15, -0.1) is 0 Å². The van der Waals surface area contributed by atoms with E-state index in [4.69, 9.17) is 14.6 Å². The van der Waals surface area contributed by atoms with Crippen LogP contribution in [0.4, 0.5) is 0 Å². The number of aromatic carboxylic acids is 1. The van der Waals surface area contributed by atoms with E-state index in [1.165, 1.54) is 25.3 Å². The standard InChI is InChI=1S/C16H16O5/c1-20-15-9-12(16(18)19)7-8-14(15)21-10-13(17)11-5-3-2-4-6-11/h2-9,13,17H,10H2,1H3,(H,18,19). The van der Waals surface area contributed by atoms with Gasteiger partial charge >= 0.3 is 5.97 Å². The lowest BCUT2D eigenvalue weighted by Crippen LogP contribution is -2.10. The first-order valence-corrected chi connectivity index (χ1v) is 6.39. The van der Waals surface area contributed by atoms with E-state index in [0.717, 1.165) is 5.56 Å². The lowest BCUT2D eigenvalue weighted by molar-refractivity contribution is 0.0696. The van der Waals surface area contributed by atoms with E-state index >= 15 is 0 Å². The monoisotopic (exact) mass is 288 g/mol. The number of carboxylic acid groups (broad SMARTS) is 1. The zero-order chi connectivity index (χ0) is 15.2. The third kappa shape index (κ3) is 3.73. The summed E-state index contributed by atoms with van der Waals surface area (Å²) in [6.07, 6.45) is -0.768. The molecule has 0 saturated carbocycles. The van der Waals surface area contributed by atoms with E-state index in [1.807, 2.05) is 18.2 Å². The molecule has 0 aliphatic heterocycles. The van der Waals surface area contributed by atoms with E-state index in [1.54, 1.807) is 12.1 Å². The van der Waals surface area contributed by atoms with Crippen molar-refractivity contribution in [3.8, 4) is 11.5 Å². The lowest BCUT2D eigenvalue weighted by atomic mass is 10.1. The summed E-state index contributed by atoms with van der Waals surface area (Å²) in [5, 5.41) is 19.0. The molecule has 0 aliphatic carbocycles. The van der Waals surface area contributed by atoms with Crippen LogP contribution in [-0.4, -0.2) is 29.9 Å². The van der Waals surface area contributed by atoms with Crippen LogP contribution in [0, 0.1) is 0 Å². The van der Waals surface area contributed by atoms with Crippen molar-refractivity contribution in [2.75, 3.05) is 13.7 Å². The molecule has 1 unspecified atom stereocenters. The number of rotatable bonds is 6. The van der Waals surface area contributed by atoms with Crippen LogP contribution in [0.5, 0.6) is 11.5 Å². The SMILES string of the molecule is COc1cc(C(=O)O)ccc1OCC(O)c1ccccc1. The van der Waals surface area contributed by atoms with Crippen LogP contribution < -0.4 is 9.47 Å². The van der Waals surface area contributed by atoms with E-state index in [9.17, 15) is 9.90 Å². The van der Waals surface area contributed by atoms with Crippen molar-refractivity contribution in [3.05, 3.63) is 59.7 Å². The Morgan fingerprint density at radius 2 is 1.86 bits per heavy atom. The van der Waals surface area contributed by atoms with Crippen LogP contribution in [0.25, 0.3) is 0 Å². The van der Waals surface area contributed by atoms with Gasteiger partial charge < -0.3 is 19.7 Å². The van der Waals surface area contributed by atoms with Crippen molar-refractivity contribution in [2.24, 2.45) is 0 Å². The molecule has 0 aromatic heterocycles. The quantitative estimate of drug-likeness (QED) is 0.854. The lowest BCUT2D eigenvalue weighted by Gasteiger charge is -2.15. The minimum absolute atomic E-state index is 0.0484. The van der Waals surface area contributed by atoms with Gasteiger partial charge in [-0.25, -0.2) is 4.79 Å². The highest BCUT2D eigenvalue weighted by Crippen LogP contribution is 2.29. The second-order valence-electron chi connectivity index (χ2n) is 4.41. The van der Waals surface area contributed by atoms with Gasteiger partial charge in [0.1, 0.15) is 12.7 Å². The van der Waals surface area contributed by atoms with Crippen molar-refractivity contribution in [3.63, 3.8) is 0 Å². The van der Waals surface area contributed by atoms with Gasteiger partial charge in [0, 0.05) is 0 Å². The highest BCUT2D eigenvalue weighted by atomic mass is 16.5. The normalized spacial score (nSPS) is 11.7. The molecular formula is C16H16O5. The van der Waals surface area contributed by atoms with Crippen molar-refractivity contribution in [1.82, 2.24) is 0 Å². The molecule has 2 rings (SSSR count). The second-order valence-corrected chi connectivity index (χ2v) is 4.41. The molecule has 0 heterocycles. The first kappa shape index (κ1) is 14.9. The van der Waals surface area contributed by atoms with Crippen molar-refractivity contribution in [1.29, 1.82) is 0 Å². The predicted molar refractivity (Wildman–Crippen MR) is 76.9 cm³/mol. The van der Waals surface area contributed by atoms with E-state index in [2.05, 4.69) is 0 Å². The Bertz CT molecular complexity index is 609. The highest BCUT2D eigenvalue weighted by Gasteiger charge is 2.13. The van der Waals surface area contributed by atoms with Gasteiger partial charge in [0.25, 0.3) is 0 Å².